The molecule has 4 rings (SSSR count). The lowest BCUT2D eigenvalue weighted by atomic mass is 9.87. The second kappa shape index (κ2) is 7.11. The second-order valence-corrected chi connectivity index (χ2v) is 8.39. The first-order valence-corrected chi connectivity index (χ1v) is 10.1. The van der Waals surface area contributed by atoms with E-state index < -0.39 is 5.54 Å². The number of amides is 4. The van der Waals surface area contributed by atoms with E-state index in [2.05, 4.69) is 17.1 Å². The van der Waals surface area contributed by atoms with E-state index in [0.717, 1.165) is 23.9 Å². The average molecular weight is 384 g/mol. The summed E-state index contributed by atoms with van der Waals surface area (Å²) >= 11 is 0. The summed E-state index contributed by atoms with van der Waals surface area (Å²) in [6.45, 7) is 5.35. The van der Waals surface area contributed by atoms with Crippen molar-refractivity contribution in [2.45, 2.75) is 38.1 Å². The van der Waals surface area contributed by atoms with Crippen LogP contribution in [-0.2, 0) is 4.79 Å². The van der Waals surface area contributed by atoms with Crippen molar-refractivity contribution in [3.05, 3.63) is 29.8 Å². The van der Waals surface area contributed by atoms with Crippen molar-refractivity contribution in [2.75, 3.05) is 38.1 Å². The third-order valence-electron chi connectivity index (χ3n) is 6.53. The topological polar surface area (TPSA) is 73.0 Å². The van der Waals surface area contributed by atoms with E-state index in [4.69, 9.17) is 0 Å². The van der Waals surface area contributed by atoms with Gasteiger partial charge in [-0.05, 0) is 55.9 Å². The van der Waals surface area contributed by atoms with E-state index in [1.807, 2.05) is 24.3 Å². The molecule has 0 bridgehead atoms. The van der Waals surface area contributed by atoms with Crippen LogP contribution < -0.4 is 10.2 Å². The molecule has 0 radical (unpaired) electrons. The SMILES string of the molecule is CC1CCN(c2ccc(C(=O)N3CCC4(CC3)NC(=O)N(C)C4=O)cc2)CC1. The fourth-order valence-corrected chi connectivity index (χ4v) is 4.45. The van der Waals surface area contributed by atoms with Gasteiger partial charge in [-0.3, -0.25) is 14.5 Å². The molecule has 3 heterocycles. The first kappa shape index (κ1) is 18.8. The van der Waals surface area contributed by atoms with Crippen molar-refractivity contribution in [3.63, 3.8) is 0 Å². The molecule has 0 aromatic heterocycles. The van der Waals surface area contributed by atoms with Gasteiger partial charge in [-0.25, -0.2) is 4.79 Å². The molecular weight excluding hydrogens is 356 g/mol. The maximum atomic E-state index is 12.9. The Morgan fingerprint density at radius 1 is 1.04 bits per heavy atom. The molecule has 0 aliphatic carbocycles. The maximum absolute atomic E-state index is 12.9. The van der Waals surface area contributed by atoms with Gasteiger partial charge in [0.05, 0.1) is 0 Å². The Kier molecular flexibility index (Phi) is 4.77. The van der Waals surface area contributed by atoms with Crippen LogP contribution in [0, 0.1) is 5.92 Å². The molecular formula is C21H28N4O3. The van der Waals surface area contributed by atoms with Crippen LogP contribution in [0.25, 0.3) is 0 Å². The molecule has 7 heteroatoms. The number of benzene rings is 1. The Balaban J connectivity index is 1.38. The quantitative estimate of drug-likeness (QED) is 0.793. The van der Waals surface area contributed by atoms with Crippen LogP contribution in [0.4, 0.5) is 10.5 Å². The minimum atomic E-state index is -0.835. The smallest absolute Gasteiger partial charge is 0.324 e. The molecule has 3 aliphatic heterocycles. The lowest BCUT2D eigenvalue weighted by Crippen LogP contribution is -2.55. The van der Waals surface area contributed by atoms with Gasteiger partial charge in [0.2, 0.25) is 0 Å². The summed E-state index contributed by atoms with van der Waals surface area (Å²) in [7, 11) is 1.49. The molecule has 1 aromatic rings. The normalized spacial score (nSPS) is 22.7. The second-order valence-electron chi connectivity index (χ2n) is 8.39. The van der Waals surface area contributed by atoms with Crippen molar-refractivity contribution < 1.29 is 14.4 Å². The van der Waals surface area contributed by atoms with Crippen LogP contribution in [0.15, 0.2) is 24.3 Å². The monoisotopic (exact) mass is 384 g/mol. The highest BCUT2D eigenvalue weighted by Crippen LogP contribution is 2.30. The van der Waals surface area contributed by atoms with Gasteiger partial charge < -0.3 is 15.1 Å². The number of hydrogen-bond donors (Lipinski definition) is 1. The van der Waals surface area contributed by atoms with Crippen molar-refractivity contribution in [2.24, 2.45) is 5.92 Å². The number of anilines is 1. The fourth-order valence-electron chi connectivity index (χ4n) is 4.45. The largest absolute Gasteiger partial charge is 0.372 e. The van der Waals surface area contributed by atoms with Crippen molar-refractivity contribution in [1.29, 1.82) is 0 Å². The van der Waals surface area contributed by atoms with Gasteiger partial charge in [0, 0.05) is 44.5 Å². The number of nitrogens with zero attached hydrogens (tertiary/aromatic N) is 3. The summed E-state index contributed by atoms with van der Waals surface area (Å²) in [6, 6.07) is 7.51. The lowest BCUT2D eigenvalue weighted by Gasteiger charge is -2.37. The van der Waals surface area contributed by atoms with Gasteiger partial charge in [-0.1, -0.05) is 6.92 Å². The van der Waals surface area contributed by atoms with E-state index in [1.165, 1.54) is 25.6 Å². The number of urea groups is 1. The minimum absolute atomic E-state index is 0.0150. The Bertz CT molecular complexity index is 775. The van der Waals surface area contributed by atoms with Gasteiger partial charge in [0.25, 0.3) is 11.8 Å². The lowest BCUT2D eigenvalue weighted by molar-refractivity contribution is -0.131. The molecule has 0 unspecified atom stereocenters. The van der Waals surface area contributed by atoms with Crippen LogP contribution in [0.3, 0.4) is 0 Å². The summed E-state index contributed by atoms with van der Waals surface area (Å²) in [6.07, 6.45) is 3.33. The van der Waals surface area contributed by atoms with Crippen molar-refractivity contribution in [1.82, 2.24) is 15.1 Å². The Morgan fingerprint density at radius 3 is 2.18 bits per heavy atom. The number of piperidine rings is 2. The average Bonchev–Trinajstić information content (AvgIpc) is 2.92. The molecule has 7 nitrogen and oxygen atoms in total. The number of rotatable bonds is 2. The molecule has 150 valence electrons. The molecule has 3 saturated heterocycles. The predicted molar refractivity (Wildman–Crippen MR) is 106 cm³/mol. The van der Waals surface area contributed by atoms with Gasteiger partial charge in [0.15, 0.2) is 0 Å². The van der Waals surface area contributed by atoms with Crippen LogP contribution in [0.1, 0.15) is 43.0 Å². The zero-order valence-electron chi connectivity index (χ0n) is 16.6. The zero-order chi connectivity index (χ0) is 19.9. The third kappa shape index (κ3) is 3.23. The summed E-state index contributed by atoms with van der Waals surface area (Å²) < 4.78 is 0. The van der Waals surface area contributed by atoms with Gasteiger partial charge in [0.1, 0.15) is 5.54 Å². The van der Waals surface area contributed by atoms with Crippen molar-refractivity contribution in [3.8, 4) is 0 Å². The zero-order valence-corrected chi connectivity index (χ0v) is 16.6. The number of carbonyl (C=O) groups excluding carboxylic acids is 3. The van der Waals surface area contributed by atoms with Gasteiger partial charge in [-0.2, -0.15) is 0 Å². The van der Waals surface area contributed by atoms with E-state index >= 15 is 0 Å². The number of imide groups is 1. The molecule has 1 N–H and O–H groups in total. The molecule has 1 aromatic carbocycles. The Labute approximate surface area is 165 Å². The van der Waals surface area contributed by atoms with Gasteiger partial charge >= 0.3 is 6.03 Å². The molecule has 3 aliphatic rings. The number of nitrogens with one attached hydrogen (secondary N) is 1. The highest BCUT2D eigenvalue weighted by Gasteiger charge is 2.51. The maximum Gasteiger partial charge on any atom is 0.324 e. The van der Waals surface area contributed by atoms with E-state index in [1.54, 1.807) is 4.90 Å². The molecule has 3 fully saturated rings. The molecule has 0 atom stereocenters. The number of carbonyl (C=O) groups is 3. The van der Waals surface area contributed by atoms with Crippen LogP contribution in [0.2, 0.25) is 0 Å². The first-order valence-electron chi connectivity index (χ1n) is 10.1. The van der Waals surface area contributed by atoms with Crippen LogP contribution in [-0.4, -0.2) is 66.4 Å². The standard InChI is InChI=1S/C21H28N4O3/c1-15-7-11-24(12-8-15)17-5-3-16(4-6-17)18(26)25-13-9-21(10-14-25)19(27)23(2)20(28)22-21/h3-6,15H,7-14H2,1-2H3,(H,22,28). The van der Waals surface area contributed by atoms with E-state index in [-0.39, 0.29) is 17.8 Å². The summed E-state index contributed by atoms with van der Waals surface area (Å²) in [5.41, 5.74) is 1.00. The minimum Gasteiger partial charge on any atom is -0.372 e. The Morgan fingerprint density at radius 2 is 1.64 bits per heavy atom. The molecule has 0 saturated carbocycles. The van der Waals surface area contributed by atoms with E-state index in [0.29, 0.717) is 31.5 Å². The Hall–Kier alpha value is -2.57. The van der Waals surface area contributed by atoms with Crippen LogP contribution >= 0.6 is 0 Å². The number of hydrogen-bond acceptors (Lipinski definition) is 4. The molecule has 4 amide bonds. The van der Waals surface area contributed by atoms with E-state index in [9.17, 15) is 14.4 Å². The first-order chi connectivity index (χ1) is 13.4. The number of likely N-dealkylation sites (tertiary alicyclic amines) is 1. The summed E-state index contributed by atoms with van der Waals surface area (Å²) in [4.78, 5) is 42.3. The molecule has 1 spiro atoms. The highest BCUT2D eigenvalue weighted by molar-refractivity contribution is 6.07. The number of likely N-dealkylation sites (N-methyl/N-ethyl adjacent to an activating group) is 1. The summed E-state index contributed by atoms with van der Waals surface area (Å²) in [5.74, 6) is 0.583. The highest BCUT2D eigenvalue weighted by atomic mass is 16.2. The summed E-state index contributed by atoms with van der Waals surface area (Å²) in [5, 5.41) is 2.81. The van der Waals surface area contributed by atoms with Crippen molar-refractivity contribution >= 4 is 23.5 Å². The molecule has 28 heavy (non-hydrogen) atoms. The van der Waals surface area contributed by atoms with Crippen LogP contribution in [0.5, 0.6) is 0 Å². The predicted octanol–water partition coefficient (Wildman–Crippen LogP) is 2.08. The fraction of sp³-hybridized carbons (Fsp3) is 0.571. The van der Waals surface area contributed by atoms with Gasteiger partial charge in [-0.15, -0.1) is 0 Å². The third-order valence-corrected chi connectivity index (χ3v) is 6.53.